The molecular formula is C18H17N5O4S. The number of anilines is 1. The van der Waals surface area contributed by atoms with Gasteiger partial charge in [0.25, 0.3) is 5.91 Å². The summed E-state index contributed by atoms with van der Waals surface area (Å²) in [6.07, 6.45) is -1.03. The van der Waals surface area contributed by atoms with E-state index in [0.717, 1.165) is 9.67 Å². The maximum absolute atomic E-state index is 12.2. The molecule has 0 aliphatic carbocycles. The first-order valence-corrected chi connectivity index (χ1v) is 9.23. The Labute approximate surface area is 164 Å². The highest BCUT2D eigenvalue weighted by Gasteiger charge is 2.19. The summed E-state index contributed by atoms with van der Waals surface area (Å²) < 4.78 is 5.12. The Morgan fingerprint density at radius 1 is 1.25 bits per heavy atom. The van der Waals surface area contributed by atoms with E-state index in [4.69, 9.17) is 4.74 Å². The van der Waals surface area contributed by atoms with Crippen molar-refractivity contribution in [3.8, 4) is 10.7 Å². The zero-order valence-electron chi connectivity index (χ0n) is 15.2. The number of hydrogen-bond acceptors (Lipinski definition) is 8. The number of thiophene rings is 1. The molecule has 3 rings (SSSR count). The van der Waals surface area contributed by atoms with Gasteiger partial charge in [-0.25, -0.2) is 4.79 Å². The Morgan fingerprint density at radius 3 is 2.79 bits per heavy atom. The number of aromatic nitrogens is 4. The number of amides is 1. The van der Waals surface area contributed by atoms with Gasteiger partial charge in [0.15, 0.2) is 18.4 Å². The van der Waals surface area contributed by atoms with Crippen molar-refractivity contribution < 1.29 is 19.1 Å². The molecule has 10 heteroatoms. The predicted molar refractivity (Wildman–Crippen MR) is 102 cm³/mol. The molecule has 3 aromatic rings. The fourth-order valence-electron chi connectivity index (χ4n) is 2.28. The molecule has 0 radical (unpaired) electrons. The third kappa shape index (κ3) is 4.86. The lowest BCUT2D eigenvalue weighted by Crippen LogP contribution is -2.31. The molecule has 1 atom stereocenters. The van der Waals surface area contributed by atoms with E-state index < -0.39 is 18.0 Å². The van der Waals surface area contributed by atoms with Crippen LogP contribution in [0.2, 0.25) is 0 Å². The Bertz CT molecular complexity index is 999. The average Bonchev–Trinajstić information content (AvgIpc) is 3.33. The fourth-order valence-corrected chi connectivity index (χ4v) is 2.93. The van der Waals surface area contributed by atoms with Gasteiger partial charge in [-0.05, 0) is 42.6 Å². The molecule has 0 aliphatic heterocycles. The van der Waals surface area contributed by atoms with E-state index in [9.17, 15) is 14.4 Å². The maximum atomic E-state index is 12.2. The van der Waals surface area contributed by atoms with Gasteiger partial charge >= 0.3 is 5.97 Å². The van der Waals surface area contributed by atoms with E-state index in [1.54, 1.807) is 24.3 Å². The molecular weight excluding hydrogens is 382 g/mol. The van der Waals surface area contributed by atoms with Crippen molar-refractivity contribution in [1.29, 1.82) is 0 Å². The van der Waals surface area contributed by atoms with E-state index in [1.807, 2.05) is 17.5 Å². The fraction of sp³-hybridized carbons (Fsp3) is 0.222. The number of carbonyl (C=O) groups is 3. The van der Waals surface area contributed by atoms with Gasteiger partial charge in [0, 0.05) is 11.3 Å². The second-order valence-corrected chi connectivity index (χ2v) is 6.83. The highest BCUT2D eigenvalue weighted by atomic mass is 32.1. The average molecular weight is 399 g/mol. The molecule has 0 saturated carbocycles. The third-order valence-corrected chi connectivity index (χ3v) is 4.54. The van der Waals surface area contributed by atoms with E-state index in [2.05, 4.69) is 20.7 Å². The van der Waals surface area contributed by atoms with Crippen molar-refractivity contribution in [2.45, 2.75) is 26.5 Å². The Hall–Kier alpha value is -3.40. The first-order valence-electron chi connectivity index (χ1n) is 8.35. The van der Waals surface area contributed by atoms with Crippen LogP contribution in [0.15, 0.2) is 41.8 Å². The minimum Gasteiger partial charge on any atom is -0.451 e. The molecule has 28 heavy (non-hydrogen) atoms. The molecule has 0 saturated heterocycles. The number of rotatable bonds is 7. The third-order valence-electron chi connectivity index (χ3n) is 3.68. The van der Waals surface area contributed by atoms with E-state index in [1.165, 1.54) is 25.2 Å². The molecule has 144 valence electrons. The summed E-state index contributed by atoms with van der Waals surface area (Å²) in [5, 5.41) is 16.3. The Balaban J connectivity index is 1.54. The van der Waals surface area contributed by atoms with Crippen LogP contribution >= 0.6 is 11.3 Å². The summed E-state index contributed by atoms with van der Waals surface area (Å²) in [7, 11) is 0. The molecule has 1 N–H and O–H groups in total. The largest absolute Gasteiger partial charge is 0.451 e. The van der Waals surface area contributed by atoms with Crippen LogP contribution < -0.4 is 5.32 Å². The first kappa shape index (κ1) is 19.4. The summed E-state index contributed by atoms with van der Waals surface area (Å²) >= 11 is 1.46. The van der Waals surface area contributed by atoms with Crippen LogP contribution in [0.1, 0.15) is 24.2 Å². The second kappa shape index (κ2) is 8.53. The minimum absolute atomic E-state index is 0.113. The Morgan fingerprint density at radius 2 is 2.07 bits per heavy atom. The molecule has 2 heterocycles. The van der Waals surface area contributed by atoms with Gasteiger partial charge in [-0.3, -0.25) is 9.59 Å². The highest BCUT2D eigenvalue weighted by Crippen LogP contribution is 2.19. The lowest BCUT2D eigenvalue weighted by atomic mass is 10.1. The number of Topliss-reactive ketones (excluding diaryl/α,β-unsaturated/α-hetero) is 1. The molecule has 2 aromatic heterocycles. The van der Waals surface area contributed by atoms with Gasteiger partial charge < -0.3 is 10.1 Å². The van der Waals surface area contributed by atoms with Crippen LogP contribution in [0.5, 0.6) is 0 Å². The maximum Gasteiger partial charge on any atom is 0.330 e. The second-order valence-electron chi connectivity index (χ2n) is 5.88. The van der Waals surface area contributed by atoms with Crippen LogP contribution in [0.3, 0.4) is 0 Å². The smallest absolute Gasteiger partial charge is 0.330 e. The van der Waals surface area contributed by atoms with Crippen LogP contribution in [0.25, 0.3) is 10.7 Å². The summed E-state index contributed by atoms with van der Waals surface area (Å²) in [6, 6.07) is 10.2. The Kier molecular flexibility index (Phi) is 5.90. The van der Waals surface area contributed by atoms with Gasteiger partial charge in [0.1, 0.15) is 0 Å². The molecule has 1 aromatic carbocycles. The summed E-state index contributed by atoms with van der Waals surface area (Å²) in [6.45, 7) is 2.62. The summed E-state index contributed by atoms with van der Waals surface area (Å²) in [5.41, 5.74) is 0.917. The van der Waals surface area contributed by atoms with Crippen molar-refractivity contribution in [2.24, 2.45) is 0 Å². The van der Waals surface area contributed by atoms with Crippen molar-refractivity contribution in [3.63, 3.8) is 0 Å². The topological polar surface area (TPSA) is 116 Å². The van der Waals surface area contributed by atoms with Crippen molar-refractivity contribution in [3.05, 3.63) is 47.3 Å². The number of tetrazole rings is 1. The number of hydrogen-bond donors (Lipinski definition) is 1. The molecule has 0 spiro atoms. The number of ketones is 1. The minimum atomic E-state index is -1.03. The molecule has 0 unspecified atom stereocenters. The van der Waals surface area contributed by atoms with Crippen LogP contribution in [-0.2, 0) is 20.9 Å². The number of ether oxygens (including phenoxy) is 1. The van der Waals surface area contributed by atoms with E-state index >= 15 is 0 Å². The van der Waals surface area contributed by atoms with Crippen molar-refractivity contribution in [1.82, 2.24) is 20.2 Å². The first-order chi connectivity index (χ1) is 13.4. The summed E-state index contributed by atoms with van der Waals surface area (Å²) in [5.74, 6) is -0.882. The quantitative estimate of drug-likeness (QED) is 0.478. The van der Waals surface area contributed by atoms with E-state index in [0.29, 0.717) is 17.1 Å². The molecule has 1 amide bonds. The van der Waals surface area contributed by atoms with Gasteiger partial charge in [0.2, 0.25) is 5.82 Å². The van der Waals surface area contributed by atoms with Crippen LogP contribution in [-0.4, -0.2) is 44.0 Å². The SMILES string of the molecule is CC(=O)c1cccc(NC(=O)[C@H](C)OC(=O)Cn2nnc(-c3cccs3)n2)c1. The molecule has 0 aliphatic rings. The van der Waals surface area contributed by atoms with Gasteiger partial charge in [-0.2, -0.15) is 4.80 Å². The van der Waals surface area contributed by atoms with E-state index in [-0.39, 0.29) is 12.3 Å². The monoisotopic (exact) mass is 399 g/mol. The van der Waals surface area contributed by atoms with Gasteiger partial charge in [-0.1, -0.05) is 18.2 Å². The normalized spacial score (nSPS) is 11.6. The zero-order valence-corrected chi connectivity index (χ0v) is 16.0. The standard InChI is InChI=1S/C18H17N5O4S/c1-11(24)13-5-3-6-14(9-13)19-18(26)12(2)27-16(25)10-23-21-17(20-22-23)15-7-4-8-28-15/h3-9,12H,10H2,1-2H3,(H,19,26)/t12-/m0/s1. The zero-order chi connectivity index (χ0) is 20.1. The highest BCUT2D eigenvalue weighted by molar-refractivity contribution is 7.13. The number of benzene rings is 1. The molecule has 9 nitrogen and oxygen atoms in total. The van der Waals surface area contributed by atoms with Gasteiger partial charge in [0.05, 0.1) is 4.88 Å². The number of nitrogens with zero attached hydrogens (tertiary/aromatic N) is 4. The van der Waals surface area contributed by atoms with Crippen LogP contribution in [0, 0.1) is 0 Å². The number of carbonyl (C=O) groups excluding carboxylic acids is 3. The van der Waals surface area contributed by atoms with Gasteiger partial charge in [-0.15, -0.1) is 21.5 Å². The predicted octanol–water partition coefficient (Wildman–Crippen LogP) is 2.17. The lowest BCUT2D eigenvalue weighted by molar-refractivity contribution is -0.154. The van der Waals surface area contributed by atoms with Crippen molar-refractivity contribution in [2.75, 3.05) is 5.32 Å². The number of esters is 1. The van der Waals surface area contributed by atoms with Crippen molar-refractivity contribution >= 4 is 34.7 Å². The number of nitrogens with one attached hydrogen (secondary N) is 1. The van der Waals surface area contributed by atoms with Crippen LogP contribution in [0.4, 0.5) is 5.69 Å². The lowest BCUT2D eigenvalue weighted by Gasteiger charge is -2.13. The molecule has 0 bridgehead atoms. The molecule has 0 fully saturated rings. The summed E-state index contributed by atoms with van der Waals surface area (Å²) in [4.78, 5) is 37.6.